The Morgan fingerprint density at radius 1 is 0.919 bits per heavy atom. The number of carbonyl (C=O) groups excluding carboxylic acids is 1. The van der Waals surface area contributed by atoms with Crippen LogP contribution in [0.4, 0.5) is 10.1 Å². The summed E-state index contributed by atoms with van der Waals surface area (Å²) in [6.07, 6.45) is 1.09. The second-order valence-electron chi connectivity index (χ2n) is 8.11. The molecule has 9 nitrogen and oxygen atoms in total. The van der Waals surface area contributed by atoms with Gasteiger partial charge < -0.3 is 14.8 Å². The minimum absolute atomic E-state index is 0.126. The van der Waals surface area contributed by atoms with Gasteiger partial charge in [0.2, 0.25) is 5.91 Å². The SMILES string of the molecule is COc1ccc(S(=O)(=O)N(CC(=O)NC(C)c2ccc(S(C)(=O)=O)cc2)c2ccccc2F)cc1OC. The van der Waals surface area contributed by atoms with E-state index in [9.17, 15) is 26.0 Å². The number of hydrogen-bond acceptors (Lipinski definition) is 7. The van der Waals surface area contributed by atoms with Gasteiger partial charge in [-0.25, -0.2) is 21.2 Å². The molecule has 1 N–H and O–H groups in total. The molecule has 0 spiro atoms. The highest BCUT2D eigenvalue weighted by molar-refractivity contribution is 7.93. The number of carbonyl (C=O) groups is 1. The van der Waals surface area contributed by atoms with Gasteiger partial charge >= 0.3 is 0 Å². The summed E-state index contributed by atoms with van der Waals surface area (Å²) < 4.78 is 76.3. The molecule has 3 aromatic rings. The number of nitrogens with zero attached hydrogens (tertiary/aromatic N) is 1. The average molecular weight is 551 g/mol. The lowest BCUT2D eigenvalue weighted by atomic mass is 10.1. The Morgan fingerprint density at radius 3 is 2.08 bits per heavy atom. The van der Waals surface area contributed by atoms with E-state index in [1.807, 2.05) is 0 Å². The van der Waals surface area contributed by atoms with E-state index in [0.717, 1.165) is 12.3 Å². The van der Waals surface area contributed by atoms with Crippen molar-refractivity contribution in [3.8, 4) is 11.5 Å². The van der Waals surface area contributed by atoms with Crippen LogP contribution < -0.4 is 19.1 Å². The molecule has 1 unspecified atom stereocenters. The average Bonchev–Trinajstić information content (AvgIpc) is 2.86. The van der Waals surface area contributed by atoms with E-state index in [-0.39, 0.29) is 21.2 Å². The Bertz CT molecular complexity index is 1490. The summed E-state index contributed by atoms with van der Waals surface area (Å²) in [6.45, 7) is 0.938. The van der Waals surface area contributed by atoms with Crippen LogP contribution in [-0.2, 0) is 24.7 Å². The van der Waals surface area contributed by atoms with Gasteiger partial charge in [-0.2, -0.15) is 0 Å². The van der Waals surface area contributed by atoms with Gasteiger partial charge in [0.15, 0.2) is 21.3 Å². The van der Waals surface area contributed by atoms with Crippen molar-refractivity contribution in [1.29, 1.82) is 0 Å². The molecule has 1 amide bonds. The number of halogens is 1. The fraction of sp³-hybridized carbons (Fsp3) is 0.240. The first-order valence-corrected chi connectivity index (χ1v) is 14.3. The first-order valence-electron chi connectivity index (χ1n) is 11.0. The largest absolute Gasteiger partial charge is 0.493 e. The van der Waals surface area contributed by atoms with E-state index in [4.69, 9.17) is 9.47 Å². The zero-order chi connectivity index (χ0) is 27.4. The van der Waals surface area contributed by atoms with Gasteiger partial charge in [0.05, 0.1) is 35.7 Å². The molecule has 0 bridgehead atoms. The van der Waals surface area contributed by atoms with Crippen LogP contribution in [0, 0.1) is 5.82 Å². The number of sulfonamides is 1. The Labute approximate surface area is 215 Å². The van der Waals surface area contributed by atoms with Gasteiger partial charge in [0.25, 0.3) is 10.0 Å². The van der Waals surface area contributed by atoms with Crippen LogP contribution in [0.5, 0.6) is 11.5 Å². The number of methoxy groups -OCH3 is 2. The topological polar surface area (TPSA) is 119 Å². The molecule has 3 aromatic carbocycles. The molecule has 0 radical (unpaired) electrons. The fourth-order valence-electron chi connectivity index (χ4n) is 3.56. The van der Waals surface area contributed by atoms with Gasteiger partial charge in [0.1, 0.15) is 12.4 Å². The van der Waals surface area contributed by atoms with Crippen molar-refractivity contribution in [2.75, 3.05) is 31.3 Å². The smallest absolute Gasteiger partial charge is 0.265 e. The number of para-hydroxylation sites is 1. The monoisotopic (exact) mass is 550 g/mol. The first kappa shape index (κ1) is 27.9. The van der Waals surface area contributed by atoms with Crippen molar-refractivity contribution in [2.24, 2.45) is 0 Å². The van der Waals surface area contributed by atoms with Crippen LogP contribution in [0.2, 0.25) is 0 Å². The Hall–Kier alpha value is -3.64. The quantitative estimate of drug-likeness (QED) is 0.411. The van der Waals surface area contributed by atoms with Crippen molar-refractivity contribution in [2.45, 2.75) is 22.8 Å². The molecule has 1 atom stereocenters. The summed E-state index contributed by atoms with van der Waals surface area (Å²) in [7, 11) is -5.06. The minimum atomic E-state index is -4.42. The first-order chi connectivity index (χ1) is 17.4. The Balaban J connectivity index is 1.92. The molecule has 0 saturated heterocycles. The lowest BCUT2D eigenvalue weighted by Gasteiger charge is -2.25. The molecule has 198 valence electrons. The van der Waals surface area contributed by atoms with Gasteiger partial charge in [-0.3, -0.25) is 9.10 Å². The normalized spacial score (nSPS) is 12.5. The molecule has 0 aromatic heterocycles. The number of rotatable bonds is 10. The van der Waals surface area contributed by atoms with Gasteiger partial charge in [-0.05, 0) is 48.9 Å². The summed E-state index contributed by atoms with van der Waals surface area (Å²) >= 11 is 0. The van der Waals surface area contributed by atoms with E-state index in [1.54, 1.807) is 19.1 Å². The second-order valence-corrected chi connectivity index (χ2v) is 12.0. The molecule has 3 rings (SSSR count). The summed E-state index contributed by atoms with van der Waals surface area (Å²) in [5, 5.41) is 2.68. The second kappa shape index (κ2) is 11.2. The minimum Gasteiger partial charge on any atom is -0.493 e. The number of hydrogen-bond donors (Lipinski definition) is 1. The van der Waals surface area contributed by atoms with Gasteiger partial charge in [0, 0.05) is 12.3 Å². The molecular weight excluding hydrogens is 523 g/mol. The van der Waals surface area contributed by atoms with Crippen LogP contribution in [0.3, 0.4) is 0 Å². The highest BCUT2D eigenvalue weighted by atomic mass is 32.2. The van der Waals surface area contributed by atoms with Crippen molar-refractivity contribution in [3.05, 3.63) is 78.1 Å². The van der Waals surface area contributed by atoms with Crippen molar-refractivity contribution in [3.63, 3.8) is 0 Å². The summed E-state index contributed by atoms with van der Waals surface area (Å²) in [5.41, 5.74) is 0.290. The summed E-state index contributed by atoms with van der Waals surface area (Å²) in [6, 6.07) is 14.5. The molecule has 0 aliphatic rings. The molecule has 0 fully saturated rings. The zero-order valence-corrected chi connectivity index (χ0v) is 22.3. The summed E-state index contributed by atoms with van der Waals surface area (Å²) in [5.74, 6) is -1.09. The zero-order valence-electron chi connectivity index (χ0n) is 20.6. The Kier molecular flexibility index (Phi) is 8.44. The molecule has 37 heavy (non-hydrogen) atoms. The maximum Gasteiger partial charge on any atom is 0.265 e. The van der Waals surface area contributed by atoms with Crippen LogP contribution in [0.15, 0.2) is 76.5 Å². The number of nitrogens with one attached hydrogen (secondary N) is 1. The van der Waals surface area contributed by atoms with Crippen LogP contribution >= 0.6 is 0 Å². The maximum atomic E-state index is 14.7. The third-order valence-electron chi connectivity index (χ3n) is 5.54. The number of ether oxygens (including phenoxy) is 2. The molecule has 0 heterocycles. The predicted octanol–water partition coefficient (Wildman–Crippen LogP) is 3.32. The van der Waals surface area contributed by atoms with E-state index < -0.39 is 44.2 Å². The van der Waals surface area contributed by atoms with Crippen molar-refractivity contribution in [1.82, 2.24) is 5.32 Å². The van der Waals surface area contributed by atoms with E-state index >= 15 is 0 Å². The maximum absolute atomic E-state index is 14.7. The summed E-state index contributed by atoms with van der Waals surface area (Å²) in [4.78, 5) is 12.9. The van der Waals surface area contributed by atoms with Crippen LogP contribution in [0.25, 0.3) is 0 Å². The van der Waals surface area contributed by atoms with Crippen molar-refractivity contribution >= 4 is 31.5 Å². The van der Waals surface area contributed by atoms with Gasteiger partial charge in [-0.1, -0.05) is 24.3 Å². The van der Waals surface area contributed by atoms with Crippen molar-refractivity contribution < 1.29 is 35.5 Å². The Morgan fingerprint density at radius 2 is 1.51 bits per heavy atom. The fourth-order valence-corrected chi connectivity index (χ4v) is 5.64. The lowest BCUT2D eigenvalue weighted by molar-refractivity contribution is -0.120. The standard InChI is InChI=1S/C25H27FN2O7S2/c1-17(18-9-11-19(12-10-18)36(4,30)31)27-25(29)16-28(22-8-6-5-7-21(22)26)37(32,33)20-13-14-23(34-2)24(15-20)35-3/h5-15,17H,16H2,1-4H3,(H,27,29). The lowest BCUT2D eigenvalue weighted by Crippen LogP contribution is -2.42. The molecular formula is C25H27FN2O7S2. The van der Waals surface area contributed by atoms with E-state index in [0.29, 0.717) is 15.6 Å². The molecule has 0 saturated carbocycles. The van der Waals surface area contributed by atoms with E-state index in [2.05, 4.69) is 5.32 Å². The van der Waals surface area contributed by atoms with E-state index in [1.165, 1.54) is 62.8 Å². The molecule has 0 aliphatic heterocycles. The number of benzene rings is 3. The molecule has 0 aliphatic carbocycles. The number of amides is 1. The molecule has 12 heteroatoms. The third-order valence-corrected chi connectivity index (χ3v) is 8.42. The highest BCUT2D eigenvalue weighted by Crippen LogP contribution is 2.33. The highest BCUT2D eigenvalue weighted by Gasteiger charge is 2.30. The number of anilines is 1. The predicted molar refractivity (Wildman–Crippen MR) is 137 cm³/mol. The number of sulfone groups is 1. The van der Waals surface area contributed by atoms with Gasteiger partial charge in [-0.15, -0.1) is 0 Å². The van der Waals surface area contributed by atoms with Crippen LogP contribution in [-0.4, -0.2) is 49.8 Å². The van der Waals surface area contributed by atoms with Crippen LogP contribution in [0.1, 0.15) is 18.5 Å². The third kappa shape index (κ3) is 6.38.